The smallest absolute Gasteiger partial charge is 0.321 e. The Bertz CT molecular complexity index is 856. The summed E-state index contributed by atoms with van der Waals surface area (Å²) in [6.07, 6.45) is 5.39. The number of para-hydroxylation sites is 1. The number of carbonyl (C=O) groups is 1. The van der Waals surface area contributed by atoms with Crippen molar-refractivity contribution in [2.24, 2.45) is 0 Å². The van der Waals surface area contributed by atoms with E-state index in [0.717, 1.165) is 29.9 Å². The van der Waals surface area contributed by atoms with Crippen molar-refractivity contribution in [2.45, 2.75) is 18.9 Å². The third kappa shape index (κ3) is 3.56. The average molecular weight is 348 g/mol. The van der Waals surface area contributed by atoms with Gasteiger partial charge in [0, 0.05) is 25.0 Å². The maximum atomic E-state index is 12.4. The van der Waals surface area contributed by atoms with Gasteiger partial charge >= 0.3 is 6.03 Å². The van der Waals surface area contributed by atoms with E-state index in [4.69, 9.17) is 0 Å². The summed E-state index contributed by atoms with van der Waals surface area (Å²) in [6.45, 7) is 1.39. The minimum absolute atomic E-state index is 0.0533. The van der Waals surface area contributed by atoms with Gasteiger partial charge in [-0.05, 0) is 37.1 Å². The average Bonchev–Trinajstić information content (AvgIpc) is 3.20. The summed E-state index contributed by atoms with van der Waals surface area (Å²) in [5.74, 6) is 0. The molecule has 0 atom stereocenters. The van der Waals surface area contributed by atoms with Crippen LogP contribution in [0.1, 0.15) is 18.9 Å². The molecule has 1 fully saturated rings. The van der Waals surface area contributed by atoms with Crippen LogP contribution in [0.25, 0.3) is 11.4 Å². The van der Waals surface area contributed by atoms with Gasteiger partial charge in [0.25, 0.3) is 0 Å². The first-order valence-electron chi connectivity index (χ1n) is 8.74. The van der Waals surface area contributed by atoms with E-state index in [9.17, 15) is 4.79 Å². The second kappa shape index (κ2) is 7.35. The predicted molar refractivity (Wildman–Crippen MR) is 98.6 cm³/mol. The number of amides is 2. The molecule has 0 radical (unpaired) electrons. The van der Waals surface area contributed by atoms with E-state index in [1.54, 1.807) is 6.20 Å². The van der Waals surface area contributed by atoms with Crippen LogP contribution in [0.3, 0.4) is 0 Å². The highest BCUT2D eigenvalue weighted by molar-refractivity contribution is 5.89. The number of hydrogen-bond acceptors (Lipinski definition) is 4. The number of pyridine rings is 1. The highest BCUT2D eigenvalue weighted by Crippen LogP contribution is 2.24. The Morgan fingerprint density at radius 1 is 1.00 bits per heavy atom. The van der Waals surface area contributed by atoms with Crippen molar-refractivity contribution in [3.63, 3.8) is 0 Å². The zero-order valence-corrected chi connectivity index (χ0v) is 14.3. The molecule has 0 bridgehead atoms. The van der Waals surface area contributed by atoms with Crippen molar-refractivity contribution < 1.29 is 4.79 Å². The molecule has 2 amide bonds. The molecule has 1 saturated heterocycles. The number of rotatable bonds is 3. The number of likely N-dealkylation sites (tertiary alicyclic amines) is 1. The summed E-state index contributed by atoms with van der Waals surface area (Å²) >= 11 is 0. The van der Waals surface area contributed by atoms with Gasteiger partial charge in [0.2, 0.25) is 0 Å². The molecule has 0 aliphatic carbocycles. The number of piperidine rings is 1. The van der Waals surface area contributed by atoms with Crippen molar-refractivity contribution in [2.75, 3.05) is 18.4 Å². The number of benzene rings is 1. The van der Waals surface area contributed by atoms with Crippen LogP contribution >= 0.6 is 0 Å². The van der Waals surface area contributed by atoms with E-state index in [-0.39, 0.29) is 12.1 Å². The number of nitrogens with one attached hydrogen (secondary N) is 1. The molecule has 1 aliphatic heterocycles. The summed E-state index contributed by atoms with van der Waals surface area (Å²) < 4.78 is 1.90. The highest BCUT2D eigenvalue weighted by atomic mass is 16.2. The van der Waals surface area contributed by atoms with Crippen LogP contribution in [0.4, 0.5) is 10.5 Å². The standard InChI is InChI=1S/C19H20N6O/c26-19(21-15-6-2-1-3-7-15)24-12-9-16(10-13-24)25-14-18(22-23-25)17-8-4-5-11-20-17/h1-8,11,14,16H,9-10,12-13H2,(H,21,26). The summed E-state index contributed by atoms with van der Waals surface area (Å²) in [7, 11) is 0. The van der Waals surface area contributed by atoms with E-state index in [2.05, 4.69) is 20.6 Å². The normalized spacial score (nSPS) is 15.0. The zero-order valence-electron chi connectivity index (χ0n) is 14.3. The Balaban J connectivity index is 1.35. The number of nitrogens with zero attached hydrogens (tertiary/aromatic N) is 5. The van der Waals surface area contributed by atoms with Gasteiger partial charge in [-0.25, -0.2) is 9.48 Å². The maximum absolute atomic E-state index is 12.4. The van der Waals surface area contributed by atoms with Gasteiger partial charge in [-0.15, -0.1) is 5.10 Å². The SMILES string of the molecule is O=C(Nc1ccccc1)N1CCC(n2cc(-c3ccccn3)nn2)CC1. The minimum Gasteiger partial charge on any atom is -0.324 e. The fraction of sp³-hybridized carbons (Fsp3) is 0.263. The molecular formula is C19H20N6O. The predicted octanol–water partition coefficient (Wildman–Crippen LogP) is 3.21. The van der Waals surface area contributed by atoms with Crippen LogP contribution < -0.4 is 5.32 Å². The topological polar surface area (TPSA) is 75.9 Å². The Morgan fingerprint density at radius 3 is 2.50 bits per heavy atom. The summed E-state index contributed by atoms with van der Waals surface area (Å²) in [5.41, 5.74) is 2.41. The van der Waals surface area contributed by atoms with Crippen molar-refractivity contribution in [3.8, 4) is 11.4 Å². The van der Waals surface area contributed by atoms with Crippen LogP contribution in [0.15, 0.2) is 60.9 Å². The third-order valence-corrected chi connectivity index (χ3v) is 4.59. The van der Waals surface area contributed by atoms with Crippen molar-refractivity contribution in [1.29, 1.82) is 0 Å². The van der Waals surface area contributed by atoms with Gasteiger partial charge in [-0.1, -0.05) is 29.5 Å². The molecule has 2 aromatic heterocycles. The van der Waals surface area contributed by atoms with Gasteiger partial charge in [0.15, 0.2) is 0 Å². The lowest BCUT2D eigenvalue weighted by Gasteiger charge is -2.31. The molecule has 1 aliphatic rings. The molecule has 132 valence electrons. The van der Waals surface area contributed by atoms with Gasteiger partial charge < -0.3 is 10.2 Å². The zero-order chi connectivity index (χ0) is 17.8. The third-order valence-electron chi connectivity index (χ3n) is 4.59. The van der Waals surface area contributed by atoms with Crippen molar-refractivity contribution in [3.05, 3.63) is 60.9 Å². The van der Waals surface area contributed by atoms with Gasteiger partial charge in [-0.2, -0.15) is 0 Å². The Labute approximate surface area is 151 Å². The highest BCUT2D eigenvalue weighted by Gasteiger charge is 2.25. The van der Waals surface area contributed by atoms with E-state index < -0.39 is 0 Å². The molecule has 0 saturated carbocycles. The number of urea groups is 1. The lowest BCUT2D eigenvalue weighted by Crippen LogP contribution is -2.41. The van der Waals surface area contributed by atoms with Crippen LogP contribution in [0.5, 0.6) is 0 Å². The maximum Gasteiger partial charge on any atom is 0.321 e. The van der Waals surface area contributed by atoms with Gasteiger partial charge in [0.05, 0.1) is 17.9 Å². The molecule has 0 spiro atoms. The first kappa shape index (κ1) is 16.3. The number of aromatic nitrogens is 4. The molecular weight excluding hydrogens is 328 g/mol. The van der Waals surface area contributed by atoms with Crippen LogP contribution in [0, 0.1) is 0 Å². The summed E-state index contributed by atoms with van der Waals surface area (Å²) in [4.78, 5) is 18.5. The van der Waals surface area contributed by atoms with Crippen LogP contribution in [-0.4, -0.2) is 44.0 Å². The van der Waals surface area contributed by atoms with Crippen LogP contribution in [-0.2, 0) is 0 Å². The first-order chi connectivity index (χ1) is 12.8. The quantitative estimate of drug-likeness (QED) is 0.788. The lowest BCUT2D eigenvalue weighted by molar-refractivity contribution is 0.179. The molecule has 7 nitrogen and oxygen atoms in total. The number of carbonyl (C=O) groups excluding carboxylic acids is 1. The van der Waals surface area contributed by atoms with E-state index in [0.29, 0.717) is 13.1 Å². The van der Waals surface area contributed by atoms with Crippen molar-refractivity contribution >= 4 is 11.7 Å². The van der Waals surface area contributed by atoms with E-state index >= 15 is 0 Å². The van der Waals surface area contributed by atoms with Crippen molar-refractivity contribution in [1.82, 2.24) is 24.9 Å². The monoisotopic (exact) mass is 348 g/mol. The van der Waals surface area contributed by atoms with E-state index in [1.165, 1.54) is 0 Å². The largest absolute Gasteiger partial charge is 0.324 e. The lowest BCUT2D eigenvalue weighted by atomic mass is 10.1. The second-order valence-electron chi connectivity index (χ2n) is 6.31. The molecule has 3 heterocycles. The number of hydrogen-bond donors (Lipinski definition) is 1. The molecule has 1 N–H and O–H groups in total. The first-order valence-corrected chi connectivity index (χ1v) is 8.74. The minimum atomic E-state index is -0.0533. The van der Waals surface area contributed by atoms with Gasteiger partial charge in [0.1, 0.15) is 5.69 Å². The summed E-state index contributed by atoms with van der Waals surface area (Å²) in [6, 6.07) is 15.5. The second-order valence-corrected chi connectivity index (χ2v) is 6.31. The fourth-order valence-electron chi connectivity index (χ4n) is 3.14. The van der Waals surface area contributed by atoms with E-state index in [1.807, 2.05) is 64.3 Å². The Kier molecular flexibility index (Phi) is 4.59. The Hall–Kier alpha value is -3.22. The molecule has 0 unspecified atom stereocenters. The van der Waals surface area contributed by atoms with Crippen LogP contribution in [0.2, 0.25) is 0 Å². The molecule has 4 rings (SSSR count). The molecule has 3 aromatic rings. The summed E-state index contributed by atoms with van der Waals surface area (Å²) in [5, 5.41) is 11.4. The molecule has 26 heavy (non-hydrogen) atoms. The van der Waals surface area contributed by atoms with Gasteiger partial charge in [-0.3, -0.25) is 4.98 Å². The molecule has 1 aromatic carbocycles. The Morgan fingerprint density at radius 2 is 1.77 bits per heavy atom. The fourth-order valence-corrected chi connectivity index (χ4v) is 3.14. The molecule has 7 heteroatoms. The number of anilines is 1.